The molecular weight excluding hydrogens is 278 g/mol. The molecule has 2 amide bonds. The van der Waals surface area contributed by atoms with E-state index in [2.05, 4.69) is 10.6 Å². The van der Waals surface area contributed by atoms with E-state index in [1.54, 1.807) is 6.07 Å². The van der Waals surface area contributed by atoms with Crippen LogP contribution in [-0.4, -0.2) is 43.9 Å². The zero-order chi connectivity index (χ0) is 15.9. The van der Waals surface area contributed by atoms with Crippen LogP contribution in [0.15, 0.2) is 42.5 Å². The van der Waals surface area contributed by atoms with Crippen molar-refractivity contribution in [1.82, 2.24) is 10.2 Å². The zero-order valence-electron chi connectivity index (χ0n) is 12.9. The number of nitrogens with one attached hydrogen (secondary N) is 2. The zero-order valence-corrected chi connectivity index (χ0v) is 12.9. The monoisotopic (exact) mass is 299 g/mol. The number of hydrogen-bond donors (Lipinski definition) is 2. The molecule has 0 aliphatic heterocycles. The van der Waals surface area contributed by atoms with Gasteiger partial charge in [0.2, 0.25) is 0 Å². The predicted molar refractivity (Wildman–Crippen MR) is 88.8 cm³/mol. The van der Waals surface area contributed by atoms with Gasteiger partial charge in [-0.05, 0) is 38.5 Å². The molecule has 2 rings (SSSR count). The van der Waals surface area contributed by atoms with Crippen LogP contribution in [0.5, 0.6) is 0 Å². The van der Waals surface area contributed by atoms with Crippen molar-refractivity contribution in [2.45, 2.75) is 6.42 Å². The van der Waals surface area contributed by atoms with Gasteiger partial charge in [0.25, 0.3) is 0 Å². The summed E-state index contributed by atoms with van der Waals surface area (Å²) in [6.07, 6.45) is 0.806. The van der Waals surface area contributed by atoms with E-state index < -0.39 is 11.8 Å². The predicted octanol–water partition coefficient (Wildman–Crippen LogP) is 1.85. The van der Waals surface area contributed by atoms with Crippen LogP contribution in [-0.2, 0) is 9.59 Å². The molecule has 0 saturated carbocycles. The largest absolute Gasteiger partial charge is 0.348 e. The van der Waals surface area contributed by atoms with Gasteiger partial charge in [-0.25, -0.2) is 0 Å². The fraction of sp³-hybridized carbons (Fsp3) is 0.294. The van der Waals surface area contributed by atoms with Gasteiger partial charge < -0.3 is 15.5 Å². The van der Waals surface area contributed by atoms with E-state index in [0.717, 1.165) is 23.7 Å². The average Bonchev–Trinajstić information content (AvgIpc) is 2.51. The van der Waals surface area contributed by atoms with Gasteiger partial charge in [-0.15, -0.1) is 0 Å². The van der Waals surface area contributed by atoms with E-state index in [0.29, 0.717) is 12.2 Å². The third-order valence-corrected chi connectivity index (χ3v) is 3.31. The maximum absolute atomic E-state index is 12.0. The molecule has 2 aromatic rings. The van der Waals surface area contributed by atoms with E-state index in [1.807, 2.05) is 55.4 Å². The van der Waals surface area contributed by atoms with Crippen LogP contribution in [0, 0.1) is 0 Å². The molecule has 0 spiro atoms. The Morgan fingerprint density at radius 3 is 2.50 bits per heavy atom. The summed E-state index contributed by atoms with van der Waals surface area (Å²) in [6.45, 7) is 1.35. The normalized spacial score (nSPS) is 10.7. The minimum Gasteiger partial charge on any atom is -0.348 e. The minimum atomic E-state index is -0.638. The molecule has 0 aliphatic rings. The lowest BCUT2D eigenvalue weighted by molar-refractivity contribution is -0.136. The van der Waals surface area contributed by atoms with Gasteiger partial charge in [-0.3, -0.25) is 9.59 Å². The Balaban J connectivity index is 1.94. The van der Waals surface area contributed by atoms with Gasteiger partial charge in [-0.2, -0.15) is 0 Å². The smallest absolute Gasteiger partial charge is 0.313 e. The summed E-state index contributed by atoms with van der Waals surface area (Å²) in [6, 6.07) is 13.3. The van der Waals surface area contributed by atoms with E-state index in [1.165, 1.54) is 0 Å². The molecule has 0 saturated heterocycles. The highest BCUT2D eigenvalue weighted by molar-refractivity contribution is 6.40. The molecule has 0 unspecified atom stereocenters. The molecule has 5 heteroatoms. The summed E-state index contributed by atoms with van der Waals surface area (Å²) in [7, 11) is 3.93. The Kier molecular flexibility index (Phi) is 5.49. The van der Waals surface area contributed by atoms with Crippen molar-refractivity contribution in [3.63, 3.8) is 0 Å². The lowest BCUT2D eigenvalue weighted by Gasteiger charge is -2.11. The van der Waals surface area contributed by atoms with E-state index in [-0.39, 0.29) is 0 Å². The molecule has 0 aliphatic carbocycles. The van der Waals surface area contributed by atoms with Crippen LogP contribution in [0.4, 0.5) is 5.69 Å². The quantitative estimate of drug-likeness (QED) is 0.654. The number of amides is 2. The molecule has 2 N–H and O–H groups in total. The first kappa shape index (κ1) is 16.0. The maximum atomic E-state index is 12.0. The van der Waals surface area contributed by atoms with Crippen molar-refractivity contribution >= 4 is 28.3 Å². The Hall–Kier alpha value is -2.40. The van der Waals surface area contributed by atoms with Crippen molar-refractivity contribution in [1.29, 1.82) is 0 Å². The molecule has 0 aromatic heterocycles. The van der Waals surface area contributed by atoms with Crippen LogP contribution < -0.4 is 10.6 Å². The van der Waals surface area contributed by atoms with E-state index >= 15 is 0 Å². The van der Waals surface area contributed by atoms with Crippen LogP contribution >= 0.6 is 0 Å². The third kappa shape index (κ3) is 4.30. The van der Waals surface area contributed by atoms with Crippen LogP contribution in [0.1, 0.15) is 6.42 Å². The molecule has 0 atom stereocenters. The first-order valence-electron chi connectivity index (χ1n) is 7.29. The second-order valence-electron chi connectivity index (χ2n) is 5.39. The molecule has 2 aromatic carbocycles. The second-order valence-corrected chi connectivity index (χ2v) is 5.39. The number of benzene rings is 2. The topological polar surface area (TPSA) is 61.4 Å². The number of nitrogens with zero attached hydrogens (tertiary/aromatic N) is 1. The second kappa shape index (κ2) is 7.56. The lowest BCUT2D eigenvalue weighted by atomic mass is 10.1. The minimum absolute atomic E-state index is 0.486. The number of carbonyl (C=O) groups excluding carboxylic acids is 2. The van der Waals surface area contributed by atoms with Crippen LogP contribution in [0.25, 0.3) is 10.8 Å². The Morgan fingerprint density at radius 1 is 1.00 bits per heavy atom. The summed E-state index contributed by atoms with van der Waals surface area (Å²) in [5, 5.41) is 7.24. The molecule has 0 fully saturated rings. The van der Waals surface area contributed by atoms with Crippen molar-refractivity contribution < 1.29 is 9.59 Å². The molecule has 22 heavy (non-hydrogen) atoms. The highest BCUT2D eigenvalue weighted by Gasteiger charge is 2.14. The number of carbonyl (C=O) groups is 2. The van der Waals surface area contributed by atoms with Crippen molar-refractivity contribution in [3.8, 4) is 0 Å². The van der Waals surface area contributed by atoms with Crippen molar-refractivity contribution in [2.75, 3.05) is 32.5 Å². The average molecular weight is 299 g/mol. The Bertz CT molecular complexity index is 663. The highest BCUT2D eigenvalue weighted by Crippen LogP contribution is 2.22. The fourth-order valence-corrected chi connectivity index (χ4v) is 2.19. The standard InChI is InChI=1S/C17H21N3O2/c1-20(2)12-6-11-18-16(21)17(22)19-15-10-5-8-13-7-3-4-9-14(13)15/h3-5,7-10H,6,11-12H2,1-2H3,(H,18,21)(H,19,22). The molecule has 0 radical (unpaired) electrons. The van der Waals surface area contributed by atoms with Gasteiger partial charge in [-0.1, -0.05) is 36.4 Å². The third-order valence-electron chi connectivity index (χ3n) is 3.31. The number of rotatable bonds is 5. The van der Waals surface area contributed by atoms with Gasteiger partial charge >= 0.3 is 11.8 Å². The summed E-state index contributed by atoms with van der Waals surface area (Å²) in [5.74, 6) is -1.24. The summed E-state index contributed by atoms with van der Waals surface area (Å²) in [5.41, 5.74) is 0.645. The molecule has 5 nitrogen and oxygen atoms in total. The van der Waals surface area contributed by atoms with E-state index in [9.17, 15) is 9.59 Å². The number of anilines is 1. The van der Waals surface area contributed by atoms with Crippen LogP contribution in [0.3, 0.4) is 0 Å². The van der Waals surface area contributed by atoms with Crippen molar-refractivity contribution in [3.05, 3.63) is 42.5 Å². The molecule has 0 bridgehead atoms. The molecule has 0 heterocycles. The number of fused-ring (bicyclic) bond motifs is 1. The summed E-state index contributed by atoms with van der Waals surface area (Å²) >= 11 is 0. The lowest BCUT2D eigenvalue weighted by Crippen LogP contribution is -2.36. The highest BCUT2D eigenvalue weighted by atomic mass is 16.2. The summed E-state index contributed by atoms with van der Waals surface area (Å²) < 4.78 is 0. The first-order valence-corrected chi connectivity index (χ1v) is 7.29. The van der Waals surface area contributed by atoms with Gasteiger partial charge in [0.15, 0.2) is 0 Å². The summed E-state index contributed by atoms with van der Waals surface area (Å²) in [4.78, 5) is 25.8. The van der Waals surface area contributed by atoms with Gasteiger partial charge in [0, 0.05) is 17.6 Å². The van der Waals surface area contributed by atoms with Crippen molar-refractivity contribution in [2.24, 2.45) is 0 Å². The Morgan fingerprint density at radius 2 is 1.73 bits per heavy atom. The molecule has 116 valence electrons. The van der Waals surface area contributed by atoms with Crippen LogP contribution in [0.2, 0.25) is 0 Å². The molecular formula is C17H21N3O2. The van der Waals surface area contributed by atoms with Gasteiger partial charge in [0.1, 0.15) is 0 Å². The SMILES string of the molecule is CN(C)CCCNC(=O)C(=O)Nc1cccc2ccccc12. The first-order chi connectivity index (χ1) is 10.6. The number of hydrogen-bond acceptors (Lipinski definition) is 3. The Labute approximate surface area is 130 Å². The maximum Gasteiger partial charge on any atom is 0.313 e. The van der Waals surface area contributed by atoms with Gasteiger partial charge in [0.05, 0.1) is 0 Å². The fourth-order valence-electron chi connectivity index (χ4n) is 2.19. The van der Waals surface area contributed by atoms with E-state index in [4.69, 9.17) is 0 Å².